The van der Waals surface area contributed by atoms with E-state index in [0.717, 1.165) is 25.3 Å². The third kappa shape index (κ3) is 4.65. The van der Waals surface area contributed by atoms with Gasteiger partial charge in [0.25, 0.3) is 0 Å². The highest BCUT2D eigenvalue weighted by atomic mass is 16.5. The molecule has 1 N–H and O–H groups in total. The molecule has 1 rings (SSSR count). The molecule has 0 aromatic heterocycles. The quantitative estimate of drug-likeness (QED) is 0.724. The molecule has 2 atom stereocenters. The van der Waals surface area contributed by atoms with Crippen molar-refractivity contribution < 1.29 is 4.74 Å². The van der Waals surface area contributed by atoms with E-state index in [0.29, 0.717) is 12.5 Å². The molecule has 0 heterocycles. The average molecular weight is 238 g/mol. The van der Waals surface area contributed by atoms with Crippen LogP contribution in [0.25, 0.3) is 0 Å². The zero-order chi connectivity index (χ0) is 12.7. The van der Waals surface area contributed by atoms with Crippen LogP contribution in [-0.4, -0.2) is 25.8 Å². The molecule has 98 valence electrons. The standard InChI is InChI=1S/C14H26N2O/c1-12(2)9-13-5-4-6-14(10-13,11-15)16-7-8-17-3/h12-13,16H,4-10H2,1-3H3. The van der Waals surface area contributed by atoms with E-state index in [1.165, 1.54) is 19.3 Å². The maximum atomic E-state index is 9.44. The Labute approximate surface area is 106 Å². The number of ether oxygens (including phenoxy) is 1. The number of nitrogens with zero attached hydrogens (tertiary/aromatic N) is 1. The van der Waals surface area contributed by atoms with Gasteiger partial charge in [-0.15, -0.1) is 0 Å². The second kappa shape index (κ2) is 6.98. The van der Waals surface area contributed by atoms with Crippen LogP contribution in [0.4, 0.5) is 0 Å². The second-order valence-electron chi connectivity index (χ2n) is 5.71. The number of hydrogen-bond acceptors (Lipinski definition) is 3. The number of methoxy groups -OCH3 is 1. The van der Waals surface area contributed by atoms with Crippen molar-refractivity contribution in [2.75, 3.05) is 20.3 Å². The van der Waals surface area contributed by atoms with E-state index < -0.39 is 0 Å². The number of nitriles is 1. The summed E-state index contributed by atoms with van der Waals surface area (Å²) in [6, 6.07) is 2.51. The fourth-order valence-corrected chi connectivity index (χ4v) is 2.95. The molecule has 2 unspecified atom stereocenters. The lowest BCUT2D eigenvalue weighted by Crippen LogP contribution is -2.48. The maximum Gasteiger partial charge on any atom is 0.107 e. The fourth-order valence-electron chi connectivity index (χ4n) is 2.95. The minimum absolute atomic E-state index is 0.295. The van der Waals surface area contributed by atoms with Gasteiger partial charge < -0.3 is 4.74 Å². The van der Waals surface area contributed by atoms with Crippen molar-refractivity contribution in [1.82, 2.24) is 5.32 Å². The Bertz CT molecular complexity index is 259. The van der Waals surface area contributed by atoms with Crippen molar-refractivity contribution >= 4 is 0 Å². The Balaban J connectivity index is 2.50. The van der Waals surface area contributed by atoms with Crippen molar-refractivity contribution in [3.8, 4) is 6.07 Å². The monoisotopic (exact) mass is 238 g/mol. The van der Waals surface area contributed by atoms with Crippen LogP contribution in [0, 0.1) is 23.2 Å². The lowest BCUT2D eigenvalue weighted by atomic mass is 9.74. The molecule has 1 fully saturated rings. The summed E-state index contributed by atoms with van der Waals surface area (Å²) in [5.74, 6) is 1.44. The molecule has 1 aliphatic carbocycles. The number of hydrogen-bond donors (Lipinski definition) is 1. The molecular weight excluding hydrogens is 212 g/mol. The van der Waals surface area contributed by atoms with E-state index in [4.69, 9.17) is 4.74 Å². The third-order valence-corrected chi connectivity index (χ3v) is 3.64. The van der Waals surface area contributed by atoms with Crippen LogP contribution in [0.1, 0.15) is 46.0 Å². The van der Waals surface area contributed by atoms with E-state index in [2.05, 4.69) is 25.2 Å². The van der Waals surface area contributed by atoms with Gasteiger partial charge in [-0.25, -0.2) is 0 Å². The number of nitrogens with one attached hydrogen (secondary N) is 1. The maximum absolute atomic E-state index is 9.44. The molecule has 0 radical (unpaired) electrons. The first-order valence-electron chi connectivity index (χ1n) is 6.77. The fraction of sp³-hybridized carbons (Fsp3) is 0.929. The van der Waals surface area contributed by atoms with Gasteiger partial charge >= 0.3 is 0 Å². The Morgan fingerprint density at radius 1 is 1.53 bits per heavy atom. The van der Waals surface area contributed by atoms with E-state index in [-0.39, 0.29) is 5.54 Å². The van der Waals surface area contributed by atoms with Gasteiger partial charge in [0, 0.05) is 13.7 Å². The van der Waals surface area contributed by atoms with Crippen LogP contribution in [0.2, 0.25) is 0 Å². The second-order valence-corrected chi connectivity index (χ2v) is 5.71. The van der Waals surface area contributed by atoms with Crippen LogP contribution >= 0.6 is 0 Å². The summed E-state index contributed by atoms with van der Waals surface area (Å²) in [5.41, 5.74) is -0.295. The lowest BCUT2D eigenvalue weighted by molar-refractivity contribution is 0.165. The third-order valence-electron chi connectivity index (χ3n) is 3.64. The van der Waals surface area contributed by atoms with Gasteiger partial charge in [0.05, 0.1) is 12.7 Å². The summed E-state index contributed by atoms with van der Waals surface area (Å²) in [6.07, 6.45) is 5.70. The predicted octanol–water partition coefficient (Wildman–Crippen LogP) is 2.72. The van der Waals surface area contributed by atoms with Crippen LogP contribution in [-0.2, 0) is 4.74 Å². The summed E-state index contributed by atoms with van der Waals surface area (Å²) < 4.78 is 5.04. The molecule has 1 aliphatic rings. The SMILES string of the molecule is COCCNC1(C#N)CCCC(CC(C)C)C1. The zero-order valence-corrected chi connectivity index (χ0v) is 11.5. The van der Waals surface area contributed by atoms with Crippen LogP contribution in [0.15, 0.2) is 0 Å². The molecule has 0 aromatic carbocycles. The van der Waals surface area contributed by atoms with Crippen molar-refractivity contribution in [2.24, 2.45) is 11.8 Å². The largest absolute Gasteiger partial charge is 0.383 e. The van der Waals surface area contributed by atoms with E-state index in [1.807, 2.05) is 0 Å². The minimum Gasteiger partial charge on any atom is -0.383 e. The Kier molecular flexibility index (Phi) is 5.94. The summed E-state index contributed by atoms with van der Waals surface area (Å²) >= 11 is 0. The highest BCUT2D eigenvalue weighted by Crippen LogP contribution is 2.35. The van der Waals surface area contributed by atoms with Crippen molar-refractivity contribution in [1.29, 1.82) is 5.26 Å². The van der Waals surface area contributed by atoms with Crippen LogP contribution in [0.5, 0.6) is 0 Å². The first-order chi connectivity index (χ1) is 8.12. The molecule has 3 heteroatoms. The van der Waals surface area contributed by atoms with Crippen molar-refractivity contribution in [2.45, 2.75) is 51.5 Å². The normalized spacial score (nSPS) is 29.2. The van der Waals surface area contributed by atoms with E-state index in [1.54, 1.807) is 7.11 Å². The molecule has 3 nitrogen and oxygen atoms in total. The predicted molar refractivity (Wildman–Crippen MR) is 69.6 cm³/mol. The summed E-state index contributed by atoms with van der Waals surface area (Å²) in [7, 11) is 1.70. The Hall–Kier alpha value is -0.590. The molecule has 17 heavy (non-hydrogen) atoms. The van der Waals surface area contributed by atoms with Gasteiger partial charge in [-0.2, -0.15) is 5.26 Å². The summed E-state index contributed by atoms with van der Waals surface area (Å²) in [4.78, 5) is 0. The van der Waals surface area contributed by atoms with Gasteiger partial charge in [0.15, 0.2) is 0 Å². The molecule has 0 spiro atoms. The first-order valence-corrected chi connectivity index (χ1v) is 6.77. The molecule has 0 saturated heterocycles. The summed E-state index contributed by atoms with van der Waals surface area (Å²) in [5, 5.41) is 12.8. The lowest BCUT2D eigenvalue weighted by Gasteiger charge is -2.37. The number of rotatable bonds is 6. The van der Waals surface area contributed by atoms with Gasteiger partial charge in [-0.3, -0.25) is 5.32 Å². The highest BCUT2D eigenvalue weighted by molar-refractivity contribution is 5.09. The zero-order valence-electron chi connectivity index (χ0n) is 11.5. The summed E-state index contributed by atoms with van der Waals surface area (Å²) in [6.45, 7) is 5.98. The van der Waals surface area contributed by atoms with Crippen LogP contribution in [0.3, 0.4) is 0 Å². The van der Waals surface area contributed by atoms with Gasteiger partial charge in [-0.1, -0.05) is 26.7 Å². The smallest absolute Gasteiger partial charge is 0.107 e. The van der Waals surface area contributed by atoms with Gasteiger partial charge in [0.1, 0.15) is 5.54 Å². The topological polar surface area (TPSA) is 45.0 Å². The molecular formula is C14H26N2O. The highest BCUT2D eigenvalue weighted by Gasteiger charge is 2.35. The van der Waals surface area contributed by atoms with E-state index >= 15 is 0 Å². The van der Waals surface area contributed by atoms with Gasteiger partial charge in [-0.05, 0) is 31.1 Å². The molecule has 1 saturated carbocycles. The Morgan fingerprint density at radius 2 is 2.29 bits per heavy atom. The molecule has 0 bridgehead atoms. The Morgan fingerprint density at radius 3 is 2.88 bits per heavy atom. The minimum atomic E-state index is -0.295. The molecule has 0 amide bonds. The van der Waals surface area contributed by atoms with Crippen molar-refractivity contribution in [3.63, 3.8) is 0 Å². The van der Waals surface area contributed by atoms with Gasteiger partial charge in [0.2, 0.25) is 0 Å². The molecule has 0 aromatic rings. The van der Waals surface area contributed by atoms with Crippen molar-refractivity contribution in [3.05, 3.63) is 0 Å². The molecule has 0 aliphatic heterocycles. The first kappa shape index (κ1) is 14.5. The average Bonchev–Trinajstić information content (AvgIpc) is 2.29. The van der Waals surface area contributed by atoms with Crippen LogP contribution < -0.4 is 5.32 Å². The van der Waals surface area contributed by atoms with E-state index in [9.17, 15) is 5.26 Å².